The van der Waals surface area contributed by atoms with E-state index in [4.69, 9.17) is 9.84 Å². The Bertz CT molecular complexity index is 1280. The maximum atomic E-state index is 13.2. The number of carbonyl (C=O) groups excluding carboxylic acids is 2. The van der Waals surface area contributed by atoms with Gasteiger partial charge in [-0.1, -0.05) is 85.8 Å². The summed E-state index contributed by atoms with van der Waals surface area (Å²) >= 11 is 0. The summed E-state index contributed by atoms with van der Waals surface area (Å²) in [6.45, 7) is 3.43. The van der Waals surface area contributed by atoms with Crippen molar-refractivity contribution in [3.8, 4) is 11.1 Å². The van der Waals surface area contributed by atoms with Crippen LogP contribution in [-0.2, 0) is 20.9 Å². The zero-order valence-electron chi connectivity index (χ0n) is 23.7. The summed E-state index contributed by atoms with van der Waals surface area (Å²) < 4.78 is 5.71. The van der Waals surface area contributed by atoms with Crippen LogP contribution in [0.4, 0.5) is 4.79 Å². The van der Waals surface area contributed by atoms with Crippen LogP contribution in [0.2, 0.25) is 0 Å². The first-order valence-corrected chi connectivity index (χ1v) is 14.1. The largest absolute Gasteiger partial charge is 0.481 e. The zero-order valence-corrected chi connectivity index (χ0v) is 23.7. The van der Waals surface area contributed by atoms with Crippen molar-refractivity contribution >= 4 is 18.0 Å². The lowest BCUT2D eigenvalue weighted by molar-refractivity contribution is -0.137. The molecule has 3 aromatic rings. The summed E-state index contributed by atoms with van der Waals surface area (Å²) in [5.41, 5.74) is 5.64. The van der Waals surface area contributed by atoms with Crippen LogP contribution in [0.5, 0.6) is 0 Å². The lowest BCUT2D eigenvalue weighted by Crippen LogP contribution is -2.52. The molecule has 0 saturated carbocycles. The van der Waals surface area contributed by atoms with Gasteiger partial charge < -0.3 is 20.5 Å². The van der Waals surface area contributed by atoms with Crippen LogP contribution in [0.3, 0.4) is 0 Å². The second kappa shape index (κ2) is 14.5. The monoisotopic (exact) mass is 557 g/mol. The molecular weight excluding hydrogens is 518 g/mol. The summed E-state index contributed by atoms with van der Waals surface area (Å²) in [5.74, 6) is -1.05. The summed E-state index contributed by atoms with van der Waals surface area (Å²) in [6.07, 6.45) is 0.656. The molecule has 0 spiro atoms. The number of nitrogens with zero attached hydrogens (tertiary/aromatic N) is 1. The molecule has 0 aliphatic heterocycles. The Labute approximate surface area is 241 Å². The first-order valence-electron chi connectivity index (χ1n) is 14.1. The fourth-order valence-electron chi connectivity index (χ4n) is 5.33. The van der Waals surface area contributed by atoms with Gasteiger partial charge >= 0.3 is 12.1 Å². The number of hydrogen-bond acceptors (Lipinski definition) is 5. The Kier molecular flexibility index (Phi) is 10.5. The molecule has 8 nitrogen and oxygen atoms in total. The molecule has 0 radical (unpaired) electrons. The molecule has 3 N–H and O–H groups in total. The number of carbonyl (C=O) groups is 3. The highest BCUT2D eigenvalue weighted by Crippen LogP contribution is 2.44. The van der Waals surface area contributed by atoms with E-state index in [9.17, 15) is 14.4 Å². The molecule has 8 heteroatoms. The first-order chi connectivity index (χ1) is 19.8. The Balaban J connectivity index is 1.37. The number of rotatable bonds is 14. The van der Waals surface area contributed by atoms with Crippen molar-refractivity contribution in [3.63, 3.8) is 0 Å². The average molecular weight is 558 g/mol. The highest BCUT2D eigenvalue weighted by atomic mass is 16.5. The average Bonchev–Trinajstić information content (AvgIpc) is 3.28. The van der Waals surface area contributed by atoms with Crippen LogP contribution < -0.4 is 10.6 Å². The number of amides is 2. The van der Waals surface area contributed by atoms with E-state index in [1.54, 1.807) is 0 Å². The first kappa shape index (κ1) is 29.8. The van der Waals surface area contributed by atoms with Gasteiger partial charge in [0.1, 0.15) is 12.6 Å². The van der Waals surface area contributed by atoms with E-state index in [-0.39, 0.29) is 30.8 Å². The molecule has 2 atom stereocenters. The third-order valence-electron chi connectivity index (χ3n) is 7.53. The fourth-order valence-corrected chi connectivity index (χ4v) is 5.33. The third kappa shape index (κ3) is 8.41. The SMILES string of the molecule is CC(CCNC(=O)C(CN(C)Cc1ccccc1)NC(=O)OCC1c2ccccc2-c2ccccc21)CCC(=O)O. The Morgan fingerprint density at radius 1 is 0.902 bits per heavy atom. The second-order valence-electron chi connectivity index (χ2n) is 10.8. The van der Waals surface area contributed by atoms with E-state index in [2.05, 4.69) is 34.9 Å². The van der Waals surface area contributed by atoms with Gasteiger partial charge in [0.25, 0.3) is 0 Å². The predicted octanol–water partition coefficient (Wildman–Crippen LogP) is 5.03. The number of benzene rings is 3. The molecule has 2 unspecified atom stereocenters. The molecule has 0 fully saturated rings. The van der Waals surface area contributed by atoms with Crippen LogP contribution >= 0.6 is 0 Å². The molecular formula is C33H39N3O5. The summed E-state index contributed by atoms with van der Waals surface area (Å²) in [5, 5.41) is 14.6. The molecule has 0 bridgehead atoms. The van der Waals surface area contributed by atoms with Gasteiger partial charge in [-0.15, -0.1) is 0 Å². The van der Waals surface area contributed by atoms with Crippen molar-refractivity contribution in [2.45, 2.75) is 44.7 Å². The molecule has 41 heavy (non-hydrogen) atoms. The number of ether oxygens (including phenoxy) is 1. The summed E-state index contributed by atoms with van der Waals surface area (Å²) in [7, 11) is 1.90. The number of hydrogen-bond donors (Lipinski definition) is 3. The number of alkyl carbamates (subject to hydrolysis) is 1. The molecule has 0 aromatic heterocycles. The van der Waals surface area contributed by atoms with Crippen LogP contribution in [0.1, 0.15) is 48.8 Å². The normalized spacial score (nSPS) is 13.6. The maximum absolute atomic E-state index is 13.2. The van der Waals surface area contributed by atoms with Gasteiger partial charge in [-0.2, -0.15) is 0 Å². The van der Waals surface area contributed by atoms with Gasteiger partial charge in [-0.3, -0.25) is 14.5 Å². The standard InChI is InChI=1S/C33H39N3O5/c1-23(16-17-31(37)38)18-19-34-32(39)30(21-36(2)20-24-10-4-3-5-11-24)35-33(40)41-22-29-27-14-8-6-12-25(27)26-13-7-9-15-28(26)29/h3-15,23,29-30H,16-22H2,1-2H3,(H,34,39)(H,35,40)(H,37,38). The van der Waals surface area contributed by atoms with Gasteiger partial charge in [0.05, 0.1) is 0 Å². The second-order valence-corrected chi connectivity index (χ2v) is 10.8. The number of nitrogens with one attached hydrogen (secondary N) is 2. The van der Waals surface area contributed by atoms with Crippen LogP contribution in [-0.4, -0.2) is 60.8 Å². The molecule has 1 aliphatic rings. The summed E-state index contributed by atoms with van der Waals surface area (Å²) in [4.78, 5) is 39.1. The molecule has 216 valence electrons. The Morgan fingerprint density at radius 2 is 1.51 bits per heavy atom. The predicted molar refractivity (Wildman–Crippen MR) is 158 cm³/mol. The zero-order chi connectivity index (χ0) is 29.2. The van der Waals surface area contributed by atoms with Crippen LogP contribution in [0.25, 0.3) is 11.1 Å². The van der Waals surface area contributed by atoms with Crippen molar-refractivity contribution in [2.75, 3.05) is 26.7 Å². The van der Waals surface area contributed by atoms with Gasteiger partial charge in [-0.05, 0) is 53.6 Å². The van der Waals surface area contributed by atoms with Gasteiger partial charge in [0.15, 0.2) is 0 Å². The molecule has 2 amide bonds. The van der Waals surface area contributed by atoms with Crippen LogP contribution in [0.15, 0.2) is 78.9 Å². The van der Waals surface area contributed by atoms with E-state index in [1.165, 1.54) is 0 Å². The quantitative estimate of drug-likeness (QED) is 0.257. The minimum absolute atomic E-state index is 0.0755. The van der Waals surface area contributed by atoms with Crippen molar-refractivity contribution in [2.24, 2.45) is 5.92 Å². The van der Waals surface area contributed by atoms with E-state index in [0.717, 1.165) is 27.8 Å². The van der Waals surface area contributed by atoms with Gasteiger partial charge in [0, 0.05) is 32.0 Å². The maximum Gasteiger partial charge on any atom is 0.407 e. The van der Waals surface area contributed by atoms with E-state index < -0.39 is 18.1 Å². The molecule has 0 saturated heterocycles. The number of carboxylic acids is 1. The molecule has 0 heterocycles. The third-order valence-corrected chi connectivity index (χ3v) is 7.53. The van der Waals surface area contributed by atoms with Gasteiger partial charge in [-0.25, -0.2) is 4.79 Å². The Morgan fingerprint density at radius 3 is 2.15 bits per heavy atom. The smallest absolute Gasteiger partial charge is 0.407 e. The topological polar surface area (TPSA) is 108 Å². The fraction of sp³-hybridized carbons (Fsp3) is 0.364. The summed E-state index contributed by atoms with van der Waals surface area (Å²) in [6, 6.07) is 25.4. The van der Waals surface area contributed by atoms with E-state index in [1.807, 2.05) is 73.5 Å². The number of aliphatic carboxylic acids is 1. The van der Waals surface area contributed by atoms with Crippen LogP contribution in [0, 0.1) is 5.92 Å². The van der Waals surface area contributed by atoms with Gasteiger partial charge in [0.2, 0.25) is 5.91 Å². The Hall–Kier alpha value is -4.17. The minimum atomic E-state index is -0.825. The van der Waals surface area contributed by atoms with Crippen molar-refractivity contribution in [3.05, 3.63) is 95.6 Å². The number of likely N-dealkylation sites (N-methyl/N-ethyl adjacent to an activating group) is 1. The minimum Gasteiger partial charge on any atom is -0.481 e. The molecule has 4 rings (SSSR count). The lowest BCUT2D eigenvalue weighted by Gasteiger charge is -2.25. The number of carboxylic acid groups (broad SMARTS) is 1. The lowest BCUT2D eigenvalue weighted by atomic mass is 9.98. The van der Waals surface area contributed by atoms with E-state index >= 15 is 0 Å². The molecule has 3 aromatic carbocycles. The van der Waals surface area contributed by atoms with Crippen molar-refractivity contribution in [1.29, 1.82) is 0 Å². The number of fused-ring (bicyclic) bond motifs is 3. The highest BCUT2D eigenvalue weighted by molar-refractivity contribution is 5.86. The molecule has 1 aliphatic carbocycles. The van der Waals surface area contributed by atoms with Crippen molar-refractivity contribution < 1.29 is 24.2 Å². The van der Waals surface area contributed by atoms with E-state index in [0.29, 0.717) is 32.5 Å². The highest BCUT2D eigenvalue weighted by Gasteiger charge is 2.30. The van der Waals surface area contributed by atoms with Crippen molar-refractivity contribution in [1.82, 2.24) is 15.5 Å².